The van der Waals surface area contributed by atoms with Crippen molar-refractivity contribution < 1.29 is 0 Å². The number of aryl methyl sites for hydroxylation is 4. The van der Waals surface area contributed by atoms with Gasteiger partial charge in [0, 0.05) is 24.1 Å². The monoisotopic (exact) mass is 374 g/mol. The van der Waals surface area contributed by atoms with Crippen LogP contribution in [0.15, 0.2) is 42.9 Å². The van der Waals surface area contributed by atoms with Gasteiger partial charge in [-0.05, 0) is 51.5 Å². The summed E-state index contributed by atoms with van der Waals surface area (Å²) in [6.07, 6.45) is 5.25. The number of nitrogens with one attached hydrogen (secondary N) is 1. The summed E-state index contributed by atoms with van der Waals surface area (Å²) in [5.41, 5.74) is 5.06. The van der Waals surface area contributed by atoms with Gasteiger partial charge in [-0.2, -0.15) is 10.2 Å². The first-order chi connectivity index (χ1) is 13.5. The molecule has 8 heteroatoms. The molecule has 142 valence electrons. The summed E-state index contributed by atoms with van der Waals surface area (Å²) in [7, 11) is 0. The summed E-state index contributed by atoms with van der Waals surface area (Å²) in [6, 6.07) is 8.04. The topological polar surface area (TPSA) is 86.3 Å². The molecule has 8 nitrogen and oxygen atoms in total. The number of nitrogens with zero attached hydrogens (tertiary/aromatic N) is 7. The number of aromatic nitrogens is 7. The quantitative estimate of drug-likeness (QED) is 0.578. The fraction of sp³-hybridized carbons (Fsp3) is 0.250. The third-order valence-corrected chi connectivity index (χ3v) is 4.36. The predicted molar refractivity (Wildman–Crippen MR) is 107 cm³/mol. The van der Waals surface area contributed by atoms with Crippen molar-refractivity contribution in [3.05, 3.63) is 71.2 Å². The molecule has 4 rings (SSSR count). The van der Waals surface area contributed by atoms with Gasteiger partial charge in [0.2, 0.25) is 0 Å². The van der Waals surface area contributed by atoms with Crippen LogP contribution in [0.1, 0.15) is 28.3 Å². The van der Waals surface area contributed by atoms with Crippen LogP contribution in [0.4, 0.5) is 5.82 Å². The first kappa shape index (κ1) is 17.8. The van der Waals surface area contributed by atoms with E-state index < -0.39 is 0 Å². The molecule has 0 saturated carbocycles. The number of hydrogen-bond acceptors (Lipinski definition) is 6. The second kappa shape index (κ2) is 7.22. The Kier molecular flexibility index (Phi) is 4.60. The Morgan fingerprint density at radius 3 is 2.07 bits per heavy atom. The molecule has 0 unspecified atom stereocenters. The van der Waals surface area contributed by atoms with Crippen LogP contribution in [-0.4, -0.2) is 34.5 Å². The van der Waals surface area contributed by atoms with Crippen molar-refractivity contribution in [2.45, 2.75) is 34.2 Å². The molecule has 0 amide bonds. The summed E-state index contributed by atoms with van der Waals surface area (Å²) in [5, 5.41) is 12.2. The Bertz CT molecular complexity index is 1110. The molecule has 4 aromatic heterocycles. The van der Waals surface area contributed by atoms with Crippen molar-refractivity contribution in [3.63, 3.8) is 0 Å². The van der Waals surface area contributed by atoms with Crippen molar-refractivity contribution in [1.29, 1.82) is 0 Å². The minimum atomic E-state index is 0.597. The molecule has 0 radical (unpaired) electrons. The molecule has 0 saturated heterocycles. The van der Waals surface area contributed by atoms with E-state index in [4.69, 9.17) is 0 Å². The van der Waals surface area contributed by atoms with Crippen molar-refractivity contribution in [2.75, 3.05) is 5.32 Å². The smallest absolute Gasteiger partial charge is 0.174 e. The Morgan fingerprint density at radius 1 is 0.821 bits per heavy atom. The van der Waals surface area contributed by atoms with Crippen LogP contribution in [0.3, 0.4) is 0 Å². The van der Waals surface area contributed by atoms with Crippen LogP contribution in [0.5, 0.6) is 0 Å². The predicted octanol–water partition coefficient (Wildman–Crippen LogP) is 3.09. The Hall–Kier alpha value is -3.55. The molecule has 1 N–H and O–H groups in total. The fourth-order valence-corrected chi connectivity index (χ4v) is 3.10. The summed E-state index contributed by atoms with van der Waals surface area (Å²) < 4.78 is 3.63. The summed E-state index contributed by atoms with van der Waals surface area (Å²) in [4.78, 5) is 13.4. The summed E-state index contributed by atoms with van der Waals surface area (Å²) in [5.74, 6) is 2.18. The highest BCUT2D eigenvalue weighted by molar-refractivity contribution is 5.38. The normalized spacial score (nSPS) is 11.0. The number of hydrogen-bond donors (Lipinski definition) is 1. The molecule has 0 bridgehead atoms. The highest BCUT2D eigenvalue weighted by atomic mass is 15.3. The number of pyridine rings is 1. The molecule has 0 aliphatic rings. The van der Waals surface area contributed by atoms with Crippen molar-refractivity contribution in [3.8, 4) is 11.6 Å². The largest absolute Gasteiger partial charge is 0.365 e. The minimum absolute atomic E-state index is 0.597. The zero-order chi connectivity index (χ0) is 19.7. The van der Waals surface area contributed by atoms with E-state index in [1.165, 1.54) is 0 Å². The minimum Gasteiger partial charge on any atom is -0.365 e. The second-order valence-corrected chi connectivity index (χ2v) is 6.82. The Balaban J connectivity index is 1.47. The third kappa shape index (κ3) is 3.62. The molecular formula is C20H22N8. The van der Waals surface area contributed by atoms with Gasteiger partial charge in [-0.25, -0.2) is 19.3 Å². The van der Waals surface area contributed by atoms with Crippen molar-refractivity contribution >= 4 is 5.82 Å². The average Bonchev–Trinajstić information content (AvgIpc) is 3.20. The molecule has 4 aromatic rings. The van der Waals surface area contributed by atoms with E-state index in [1.54, 1.807) is 17.1 Å². The highest BCUT2D eigenvalue weighted by Gasteiger charge is 2.08. The van der Waals surface area contributed by atoms with Gasteiger partial charge in [-0.3, -0.25) is 4.98 Å². The number of rotatable bonds is 5. The van der Waals surface area contributed by atoms with Gasteiger partial charge in [0.15, 0.2) is 11.6 Å². The molecule has 0 spiro atoms. The molecule has 0 aromatic carbocycles. The van der Waals surface area contributed by atoms with E-state index in [0.29, 0.717) is 18.2 Å². The van der Waals surface area contributed by atoms with Gasteiger partial charge < -0.3 is 5.32 Å². The maximum Gasteiger partial charge on any atom is 0.174 e. The standard InChI is InChI=1S/C20H22N8/c1-13-7-15(3)27(25-13)19-6-5-17(10-23-19)9-22-18-11-21-12-20(24-18)28-16(4)8-14(2)26-28/h5-8,10-12H,9H2,1-4H3,(H,22,24). The highest BCUT2D eigenvalue weighted by Crippen LogP contribution is 2.13. The van der Waals surface area contributed by atoms with Crippen LogP contribution < -0.4 is 5.32 Å². The molecular weight excluding hydrogens is 352 g/mol. The maximum atomic E-state index is 4.60. The third-order valence-electron chi connectivity index (χ3n) is 4.36. The molecule has 28 heavy (non-hydrogen) atoms. The lowest BCUT2D eigenvalue weighted by Crippen LogP contribution is -2.08. The van der Waals surface area contributed by atoms with E-state index in [9.17, 15) is 0 Å². The summed E-state index contributed by atoms with van der Waals surface area (Å²) in [6.45, 7) is 8.55. The second-order valence-electron chi connectivity index (χ2n) is 6.82. The van der Waals surface area contributed by atoms with E-state index in [0.717, 1.165) is 34.2 Å². The average molecular weight is 374 g/mol. The fourth-order valence-electron chi connectivity index (χ4n) is 3.10. The molecule has 0 fully saturated rings. The van der Waals surface area contributed by atoms with Gasteiger partial charge in [0.25, 0.3) is 0 Å². The summed E-state index contributed by atoms with van der Waals surface area (Å²) >= 11 is 0. The SMILES string of the molecule is Cc1cc(C)n(-c2ccc(CNc3cncc(-n4nc(C)cc4C)n3)cn2)n1. The van der Waals surface area contributed by atoms with Crippen LogP contribution in [0.25, 0.3) is 11.6 Å². The first-order valence-corrected chi connectivity index (χ1v) is 9.08. The van der Waals surface area contributed by atoms with Gasteiger partial charge in [-0.15, -0.1) is 0 Å². The van der Waals surface area contributed by atoms with Crippen LogP contribution >= 0.6 is 0 Å². The van der Waals surface area contributed by atoms with Gasteiger partial charge in [0.05, 0.1) is 23.8 Å². The van der Waals surface area contributed by atoms with E-state index in [1.807, 2.05) is 62.8 Å². The van der Waals surface area contributed by atoms with E-state index in [-0.39, 0.29) is 0 Å². The molecule has 0 aliphatic heterocycles. The maximum absolute atomic E-state index is 4.60. The first-order valence-electron chi connectivity index (χ1n) is 9.08. The van der Waals surface area contributed by atoms with Crippen molar-refractivity contribution in [2.24, 2.45) is 0 Å². The lowest BCUT2D eigenvalue weighted by molar-refractivity contribution is 0.798. The van der Waals surface area contributed by atoms with Gasteiger partial charge >= 0.3 is 0 Å². The van der Waals surface area contributed by atoms with Gasteiger partial charge in [0.1, 0.15) is 5.82 Å². The van der Waals surface area contributed by atoms with Crippen LogP contribution in [0, 0.1) is 27.7 Å². The van der Waals surface area contributed by atoms with Crippen LogP contribution in [-0.2, 0) is 6.54 Å². The van der Waals surface area contributed by atoms with E-state index in [2.05, 4.69) is 30.5 Å². The zero-order valence-corrected chi connectivity index (χ0v) is 16.4. The Morgan fingerprint density at radius 2 is 1.50 bits per heavy atom. The molecule has 0 aliphatic carbocycles. The van der Waals surface area contributed by atoms with Crippen molar-refractivity contribution in [1.82, 2.24) is 34.5 Å². The lowest BCUT2D eigenvalue weighted by Gasteiger charge is -2.09. The van der Waals surface area contributed by atoms with Gasteiger partial charge in [-0.1, -0.05) is 6.07 Å². The van der Waals surface area contributed by atoms with Crippen LogP contribution in [0.2, 0.25) is 0 Å². The lowest BCUT2D eigenvalue weighted by atomic mass is 10.3. The zero-order valence-electron chi connectivity index (χ0n) is 16.4. The Labute approximate surface area is 163 Å². The van der Waals surface area contributed by atoms with E-state index >= 15 is 0 Å². The molecule has 4 heterocycles. The number of anilines is 1. The molecule has 0 atom stereocenters.